The van der Waals surface area contributed by atoms with E-state index in [0.717, 1.165) is 11.3 Å². The van der Waals surface area contributed by atoms with Crippen LogP contribution in [0.4, 0.5) is 4.39 Å². The molecule has 0 bridgehead atoms. The molecule has 0 saturated carbocycles. The fourth-order valence-electron chi connectivity index (χ4n) is 2.25. The number of hydrogen-bond acceptors (Lipinski definition) is 3. The predicted molar refractivity (Wildman–Crippen MR) is 87.4 cm³/mol. The van der Waals surface area contributed by atoms with Crippen LogP contribution in [0.2, 0.25) is 0 Å². The summed E-state index contributed by atoms with van der Waals surface area (Å²) in [7, 11) is -0.972. The Kier molecular flexibility index (Phi) is 4.69. The fraction of sp³-hybridized carbons (Fsp3) is 0.529. The minimum absolute atomic E-state index is 0.396. The minimum Gasteiger partial charge on any atom is -0.494 e. The second-order valence-electron chi connectivity index (χ2n) is 6.52. The summed E-state index contributed by atoms with van der Waals surface area (Å²) in [4.78, 5) is 0. The van der Waals surface area contributed by atoms with Crippen LogP contribution >= 0.6 is 0 Å². The van der Waals surface area contributed by atoms with Gasteiger partial charge in [-0.3, -0.25) is 0 Å². The third-order valence-corrected chi connectivity index (χ3v) is 4.40. The van der Waals surface area contributed by atoms with Gasteiger partial charge in [-0.25, -0.2) is 4.39 Å². The van der Waals surface area contributed by atoms with Gasteiger partial charge in [0.1, 0.15) is 11.5 Å². The van der Waals surface area contributed by atoms with Crippen LogP contribution in [0.3, 0.4) is 0 Å². The van der Waals surface area contributed by atoms with Gasteiger partial charge in [0.15, 0.2) is 0 Å². The van der Waals surface area contributed by atoms with Crippen molar-refractivity contribution in [2.45, 2.75) is 52.7 Å². The van der Waals surface area contributed by atoms with E-state index in [9.17, 15) is 4.39 Å². The van der Waals surface area contributed by atoms with E-state index < -0.39 is 24.0 Å². The highest BCUT2D eigenvalue weighted by Gasteiger charge is 2.53. The molecule has 0 N–H and O–H groups in total. The van der Waals surface area contributed by atoms with Crippen LogP contribution in [0, 0.1) is 0 Å². The van der Waals surface area contributed by atoms with Crippen molar-refractivity contribution in [2.75, 3.05) is 6.61 Å². The first-order valence-corrected chi connectivity index (χ1v) is 7.63. The van der Waals surface area contributed by atoms with E-state index in [1.807, 2.05) is 58.9 Å². The molecule has 0 aromatic heterocycles. The molecule has 120 valence electrons. The molecule has 1 aliphatic heterocycles. The molecule has 0 amide bonds. The Morgan fingerprint density at radius 2 is 1.77 bits per heavy atom. The Hall–Kier alpha value is -1.33. The van der Waals surface area contributed by atoms with E-state index in [0.29, 0.717) is 12.2 Å². The highest BCUT2D eigenvalue weighted by molar-refractivity contribution is 6.55. The average molecular weight is 306 g/mol. The van der Waals surface area contributed by atoms with Gasteiger partial charge in [-0.1, -0.05) is 12.1 Å². The van der Waals surface area contributed by atoms with Crippen LogP contribution in [0.1, 0.15) is 47.1 Å². The summed E-state index contributed by atoms with van der Waals surface area (Å²) in [5.41, 5.74) is -0.240. The van der Waals surface area contributed by atoms with E-state index in [2.05, 4.69) is 0 Å². The molecule has 0 unspecified atom stereocenters. The van der Waals surface area contributed by atoms with Crippen LogP contribution in [0.5, 0.6) is 5.75 Å². The molecule has 0 spiro atoms. The molecule has 1 aromatic carbocycles. The zero-order valence-electron chi connectivity index (χ0n) is 14.2. The van der Waals surface area contributed by atoms with Crippen molar-refractivity contribution in [3.8, 4) is 5.75 Å². The molecular weight excluding hydrogens is 282 g/mol. The summed E-state index contributed by atoms with van der Waals surface area (Å²) in [6.07, 6.45) is 0. The van der Waals surface area contributed by atoms with Crippen molar-refractivity contribution < 1.29 is 18.4 Å². The molecule has 0 radical (unpaired) electrons. The molecule has 3 nitrogen and oxygen atoms in total. The van der Waals surface area contributed by atoms with E-state index in [1.165, 1.54) is 0 Å². The van der Waals surface area contributed by atoms with Gasteiger partial charge in [0, 0.05) is 0 Å². The summed E-state index contributed by atoms with van der Waals surface area (Å²) < 4.78 is 31.8. The van der Waals surface area contributed by atoms with Gasteiger partial charge in [0.2, 0.25) is 0 Å². The summed E-state index contributed by atoms with van der Waals surface area (Å²) in [6.45, 7) is 11.9. The van der Waals surface area contributed by atoms with Gasteiger partial charge in [-0.05, 0) is 64.8 Å². The number of ether oxygens (including phenoxy) is 1. The standard InChI is InChI=1S/C17H24BFO3/c1-7-20-14-10-8-9-13(11-14)12(2)15(19)18-21-16(3,4)17(5,6)22-18/h8-11H,7H2,1-6H3. The Bertz CT molecular complexity index is 565. The Morgan fingerprint density at radius 1 is 1.18 bits per heavy atom. The van der Waals surface area contributed by atoms with Crippen molar-refractivity contribution >= 4 is 12.7 Å². The second-order valence-corrected chi connectivity index (χ2v) is 6.52. The maximum absolute atomic E-state index is 14.8. The fourth-order valence-corrected chi connectivity index (χ4v) is 2.25. The van der Waals surface area contributed by atoms with Crippen LogP contribution in [0.15, 0.2) is 30.0 Å². The quantitative estimate of drug-likeness (QED) is 0.771. The highest BCUT2D eigenvalue weighted by Crippen LogP contribution is 2.40. The van der Waals surface area contributed by atoms with Gasteiger partial charge < -0.3 is 14.0 Å². The van der Waals surface area contributed by atoms with Gasteiger partial charge >= 0.3 is 7.12 Å². The molecule has 22 heavy (non-hydrogen) atoms. The zero-order valence-corrected chi connectivity index (χ0v) is 14.2. The van der Waals surface area contributed by atoms with Crippen molar-refractivity contribution in [1.82, 2.24) is 0 Å². The Balaban J connectivity index is 2.28. The van der Waals surface area contributed by atoms with E-state index in [-0.39, 0.29) is 0 Å². The van der Waals surface area contributed by atoms with Crippen LogP contribution < -0.4 is 4.74 Å². The largest absolute Gasteiger partial charge is 0.525 e. The third-order valence-electron chi connectivity index (χ3n) is 4.40. The number of benzene rings is 1. The maximum Gasteiger partial charge on any atom is 0.525 e. The lowest BCUT2D eigenvalue weighted by molar-refractivity contribution is 0.00578. The molecule has 5 heteroatoms. The second kappa shape index (κ2) is 6.05. The molecule has 0 aliphatic carbocycles. The molecule has 1 heterocycles. The first kappa shape index (κ1) is 17.0. The minimum atomic E-state index is -0.972. The van der Waals surface area contributed by atoms with Crippen LogP contribution in [-0.4, -0.2) is 24.9 Å². The molecule has 0 atom stereocenters. The van der Waals surface area contributed by atoms with E-state index in [1.54, 1.807) is 6.92 Å². The Morgan fingerprint density at radius 3 is 2.32 bits per heavy atom. The smallest absolute Gasteiger partial charge is 0.494 e. The van der Waals surface area contributed by atoms with Gasteiger partial charge in [-0.15, -0.1) is 0 Å². The molecular formula is C17H24BFO3. The predicted octanol–water partition coefficient (Wildman–Crippen LogP) is 4.42. The monoisotopic (exact) mass is 306 g/mol. The van der Waals surface area contributed by atoms with Crippen molar-refractivity contribution in [2.24, 2.45) is 0 Å². The molecule has 2 rings (SSSR count). The van der Waals surface area contributed by atoms with Crippen molar-refractivity contribution in [1.29, 1.82) is 0 Å². The number of allylic oxidation sites excluding steroid dienone is 1. The van der Waals surface area contributed by atoms with Crippen molar-refractivity contribution in [3.05, 3.63) is 35.6 Å². The van der Waals surface area contributed by atoms with Crippen LogP contribution in [0.25, 0.3) is 5.57 Å². The third kappa shape index (κ3) is 3.20. The SMILES string of the molecule is CCOc1cccc(C(C)=C(F)B2OC(C)(C)C(C)(C)O2)c1. The zero-order chi connectivity index (χ0) is 16.5. The number of rotatable bonds is 4. The molecule has 1 fully saturated rings. The summed E-state index contributed by atoms with van der Waals surface area (Å²) in [5, 5.41) is 0. The van der Waals surface area contributed by atoms with E-state index in [4.69, 9.17) is 14.0 Å². The van der Waals surface area contributed by atoms with Crippen molar-refractivity contribution in [3.63, 3.8) is 0 Å². The topological polar surface area (TPSA) is 27.7 Å². The van der Waals surface area contributed by atoms with Gasteiger partial charge in [-0.2, -0.15) is 0 Å². The highest BCUT2D eigenvalue weighted by atomic mass is 19.1. The summed E-state index contributed by atoms with van der Waals surface area (Å²) >= 11 is 0. The average Bonchev–Trinajstić information content (AvgIpc) is 2.66. The summed E-state index contributed by atoms with van der Waals surface area (Å²) in [5.74, 6) is 0.723. The maximum atomic E-state index is 14.8. The number of halogens is 1. The molecule has 1 saturated heterocycles. The molecule has 1 aromatic rings. The lowest BCUT2D eigenvalue weighted by Crippen LogP contribution is -2.41. The Labute approximate surface area is 132 Å². The first-order chi connectivity index (χ1) is 10.2. The van der Waals surface area contributed by atoms with E-state index >= 15 is 0 Å². The van der Waals surface area contributed by atoms with Crippen LogP contribution in [-0.2, 0) is 9.31 Å². The lowest BCUT2D eigenvalue weighted by Gasteiger charge is -2.32. The number of hydrogen-bond donors (Lipinski definition) is 0. The summed E-state index contributed by atoms with van der Waals surface area (Å²) in [6, 6.07) is 7.38. The first-order valence-electron chi connectivity index (χ1n) is 7.63. The van der Waals surface area contributed by atoms with Gasteiger partial charge in [0.25, 0.3) is 0 Å². The lowest BCUT2D eigenvalue weighted by atomic mass is 9.83. The van der Waals surface area contributed by atoms with Gasteiger partial charge in [0.05, 0.1) is 17.8 Å². The normalized spacial score (nSPS) is 20.8. The molecule has 1 aliphatic rings.